The Bertz CT molecular complexity index is 2840. The van der Waals surface area contributed by atoms with Gasteiger partial charge in [0.1, 0.15) is 0 Å². The SMILES string of the molecule is [2H]c1c([2H])c(N(c2ccc3c(c2)C(C)(C)c2ccccc2-3)c2ccc3c(c2)C(C)(C)c2ccccc2-3)c([2H])c([2H])c1-c1cccc(-c2ccc3ccccc3c2)c1. The van der Waals surface area contributed by atoms with Gasteiger partial charge in [0.2, 0.25) is 0 Å². The largest absolute Gasteiger partial charge is 0.310 e. The normalized spacial score (nSPS) is 15.4. The number of hydrogen-bond donors (Lipinski definition) is 0. The molecule has 2 aliphatic rings. The van der Waals surface area contributed by atoms with Crippen LogP contribution in [0.1, 0.15) is 55.4 Å². The molecule has 8 aromatic rings. The summed E-state index contributed by atoms with van der Waals surface area (Å²) in [6.45, 7) is 8.99. The van der Waals surface area contributed by atoms with Gasteiger partial charge in [-0.15, -0.1) is 0 Å². The summed E-state index contributed by atoms with van der Waals surface area (Å²) in [7, 11) is 0. The zero-order chi connectivity index (χ0) is 39.4. The molecule has 10 rings (SSSR count). The number of hydrogen-bond acceptors (Lipinski definition) is 1. The Morgan fingerprint density at radius 1 is 0.358 bits per heavy atom. The highest BCUT2D eigenvalue weighted by Crippen LogP contribution is 2.53. The van der Waals surface area contributed by atoms with E-state index in [1.807, 2.05) is 41.3 Å². The van der Waals surface area contributed by atoms with Crippen LogP contribution in [0, 0.1) is 0 Å². The maximum absolute atomic E-state index is 9.70. The van der Waals surface area contributed by atoms with Crippen LogP contribution in [0.3, 0.4) is 0 Å². The van der Waals surface area contributed by atoms with E-state index in [4.69, 9.17) is 0 Å². The minimum atomic E-state index is -0.274. The zero-order valence-electron chi connectivity index (χ0n) is 34.4. The van der Waals surface area contributed by atoms with Gasteiger partial charge in [-0.3, -0.25) is 0 Å². The molecule has 0 N–H and O–H groups in total. The summed E-state index contributed by atoms with van der Waals surface area (Å²) in [6.07, 6.45) is 0. The molecule has 0 saturated carbocycles. The molecule has 1 heteroatoms. The topological polar surface area (TPSA) is 3.24 Å². The molecule has 0 aromatic heterocycles. The fourth-order valence-electron chi connectivity index (χ4n) is 8.86. The van der Waals surface area contributed by atoms with Crippen molar-refractivity contribution in [3.05, 3.63) is 198 Å². The summed E-state index contributed by atoms with van der Waals surface area (Å²) in [5.74, 6) is 0. The van der Waals surface area contributed by atoms with E-state index in [2.05, 4.69) is 143 Å². The van der Waals surface area contributed by atoms with Crippen molar-refractivity contribution in [3.8, 4) is 44.5 Å². The molecule has 254 valence electrons. The molecule has 53 heavy (non-hydrogen) atoms. The van der Waals surface area contributed by atoms with Gasteiger partial charge in [0, 0.05) is 27.9 Å². The van der Waals surface area contributed by atoms with Crippen LogP contribution in [0.25, 0.3) is 55.3 Å². The second-order valence-electron chi connectivity index (χ2n) is 15.5. The van der Waals surface area contributed by atoms with Crippen molar-refractivity contribution in [1.29, 1.82) is 0 Å². The molecule has 8 aromatic carbocycles. The summed E-state index contributed by atoms with van der Waals surface area (Å²) in [5.41, 5.74) is 13.8. The minimum Gasteiger partial charge on any atom is -0.310 e. The van der Waals surface area contributed by atoms with Crippen molar-refractivity contribution in [3.63, 3.8) is 0 Å². The van der Waals surface area contributed by atoms with E-state index in [1.54, 1.807) is 0 Å². The second kappa shape index (κ2) is 11.7. The third kappa shape index (κ3) is 4.91. The Morgan fingerprint density at radius 3 is 1.45 bits per heavy atom. The standard InChI is InChI=1S/C52H41N/c1-51(2)47-18-9-7-16-43(47)45-28-26-41(32-49(45)51)53(42-27-29-46-44-17-8-10-19-48(44)52(3,4)50(46)33-42)40-24-22-35(23-25-40)37-14-11-15-38(30-37)39-21-20-34-12-5-6-13-36(34)31-39/h5-33H,1-4H3/i22D,23D,24D,25D. The zero-order valence-corrected chi connectivity index (χ0v) is 30.4. The Balaban J connectivity index is 1.16. The molecule has 0 saturated heterocycles. The van der Waals surface area contributed by atoms with E-state index in [9.17, 15) is 5.48 Å². The van der Waals surface area contributed by atoms with Gasteiger partial charge in [0.25, 0.3) is 0 Å². The molecular weight excluding hydrogens is 639 g/mol. The molecule has 0 radical (unpaired) electrons. The van der Waals surface area contributed by atoms with E-state index in [-0.39, 0.29) is 46.3 Å². The molecule has 0 unspecified atom stereocenters. The van der Waals surface area contributed by atoms with Gasteiger partial charge in [-0.05, 0) is 126 Å². The minimum absolute atomic E-state index is 0.0746. The highest BCUT2D eigenvalue weighted by molar-refractivity contribution is 5.90. The van der Waals surface area contributed by atoms with Gasteiger partial charge >= 0.3 is 0 Å². The van der Waals surface area contributed by atoms with Gasteiger partial charge in [-0.2, -0.15) is 0 Å². The maximum atomic E-state index is 9.70. The average molecular weight is 684 g/mol. The van der Waals surface area contributed by atoms with Crippen molar-refractivity contribution < 1.29 is 5.48 Å². The Hall–Kier alpha value is -6.18. The van der Waals surface area contributed by atoms with Crippen molar-refractivity contribution in [2.45, 2.75) is 38.5 Å². The van der Waals surface area contributed by atoms with Gasteiger partial charge in [0.15, 0.2) is 0 Å². The molecule has 0 bridgehead atoms. The van der Waals surface area contributed by atoms with Crippen LogP contribution in [0.15, 0.2) is 176 Å². The molecule has 0 spiro atoms. The number of benzene rings is 8. The fourth-order valence-corrected chi connectivity index (χ4v) is 8.86. The smallest absolute Gasteiger partial charge is 0.0645 e. The first-order valence-corrected chi connectivity index (χ1v) is 18.4. The Labute approximate surface area is 318 Å². The third-order valence-corrected chi connectivity index (χ3v) is 11.7. The molecule has 1 nitrogen and oxygen atoms in total. The van der Waals surface area contributed by atoms with E-state index >= 15 is 0 Å². The first-order chi connectivity index (χ1) is 27.4. The first-order valence-electron chi connectivity index (χ1n) is 20.4. The van der Waals surface area contributed by atoms with Crippen LogP contribution in [0.4, 0.5) is 17.1 Å². The van der Waals surface area contributed by atoms with Crippen LogP contribution in [0.5, 0.6) is 0 Å². The van der Waals surface area contributed by atoms with Gasteiger partial charge in [-0.25, -0.2) is 0 Å². The molecule has 0 amide bonds. The van der Waals surface area contributed by atoms with Crippen molar-refractivity contribution >= 4 is 27.8 Å². The molecular formula is C52H41N. The van der Waals surface area contributed by atoms with Crippen molar-refractivity contribution in [2.24, 2.45) is 0 Å². The van der Waals surface area contributed by atoms with Crippen LogP contribution >= 0.6 is 0 Å². The van der Waals surface area contributed by atoms with Crippen LogP contribution in [0.2, 0.25) is 0 Å². The molecule has 2 aliphatic carbocycles. The number of anilines is 3. The van der Waals surface area contributed by atoms with E-state index in [0.29, 0.717) is 5.56 Å². The molecule has 0 atom stereocenters. The summed E-state index contributed by atoms with van der Waals surface area (Å²) < 4.78 is 38.5. The second-order valence-corrected chi connectivity index (χ2v) is 15.5. The van der Waals surface area contributed by atoms with Crippen LogP contribution in [-0.2, 0) is 10.8 Å². The lowest BCUT2D eigenvalue weighted by molar-refractivity contribution is 0.660. The Kier molecular flexibility index (Phi) is 6.05. The molecule has 0 aliphatic heterocycles. The van der Waals surface area contributed by atoms with Crippen LogP contribution in [-0.4, -0.2) is 0 Å². The quantitative estimate of drug-likeness (QED) is 0.175. The van der Waals surface area contributed by atoms with Crippen molar-refractivity contribution in [1.82, 2.24) is 0 Å². The van der Waals surface area contributed by atoms with Crippen molar-refractivity contribution in [2.75, 3.05) is 4.90 Å². The third-order valence-electron chi connectivity index (χ3n) is 11.7. The predicted octanol–water partition coefficient (Wildman–Crippen LogP) is 14.3. The summed E-state index contributed by atoms with van der Waals surface area (Å²) in [5, 5.41) is 2.29. The lowest BCUT2D eigenvalue weighted by Gasteiger charge is -2.30. The average Bonchev–Trinajstić information content (AvgIpc) is 3.60. The van der Waals surface area contributed by atoms with E-state index < -0.39 is 0 Å². The van der Waals surface area contributed by atoms with Gasteiger partial charge < -0.3 is 4.90 Å². The van der Waals surface area contributed by atoms with Gasteiger partial charge in [-0.1, -0.05) is 155 Å². The highest BCUT2D eigenvalue weighted by atomic mass is 15.1. The lowest BCUT2D eigenvalue weighted by Crippen LogP contribution is -2.18. The number of rotatable bonds is 5. The number of fused-ring (bicyclic) bond motifs is 7. The Morgan fingerprint density at radius 2 is 0.849 bits per heavy atom. The van der Waals surface area contributed by atoms with E-state index in [1.165, 1.54) is 33.4 Å². The number of nitrogens with zero attached hydrogens (tertiary/aromatic N) is 1. The summed E-state index contributed by atoms with van der Waals surface area (Å²) in [6, 6.07) is 52.0. The summed E-state index contributed by atoms with van der Waals surface area (Å²) in [4.78, 5) is 1.95. The van der Waals surface area contributed by atoms with Gasteiger partial charge in [0.05, 0.1) is 5.48 Å². The first kappa shape index (κ1) is 27.5. The lowest BCUT2D eigenvalue weighted by atomic mass is 9.82. The maximum Gasteiger partial charge on any atom is 0.0645 e. The predicted molar refractivity (Wildman–Crippen MR) is 225 cm³/mol. The molecule has 0 fully saturated rings. The molecule has 0 heterocycles. The van der Waals surface area contributed by atoms with E-state index in [0.717, 1.165) is 44.4 Å². The monoisotopic (exact) mass is 683 g/mol. The highest BCUT2D eigenvalue weighted by Gasteiger charge is 2.37. The van der Waals surface area contributed by atoms with Crippen LogP contribution < -0.4 is 4.90 Å². The fraction of sp³-hybridized carbons (Fsp3) is 0.115. The summed E-state index contributed by atoms with van der Waals surface area (Å²) >= 11 is 0.